The van der Waals surface area contributed by atoms with Gasteiger partial charge < -0.3 is 9.90 Å². The third kappa shape index (κ3) is 3.50. The summed E-state index contributed by atoms with van der Waals surface area (Å²) >= 11 is 0. The smallest absolute Gasteiger partial charge is 0.241 e. The molecule has 0 heterocycles. The molecule has 0 spiro atoms. The fourth-order valence-electron chi connectivity index (χ4n) is 1.17. The first-order valence-corrected chi connectivity index (χ1v) is 6.34. The molecule has 94 valence electrons. The van der Waals surface area contributed by atoms with Crippen LogP contribution >= 0.6 is 0 Å². The van der Waals surface area contributed by atoms with Gasteiger partial charge in [0, 0.05) is 0 Å². The van der Waals surface area contributed by atoms with Gasteiger partial charge in [-0.05, 0) is 30.7 Å². The van der Waals surface area contributed by atoms with Gasteiger partial charge in [0.25, 0.3) is 0 Å². The van der Waals surface area contributed by atoms with E-state index in [-0.39, 0.29) is 11.3 Å². The number of hydrogen-bond donors (Lipinski definition) is 1. The summed E-state index contributed by atoms with van der Waals surface area (Å²) in [6.07, 6.45) is 0.0583. The first-order valence-electron chi connectivity index (χ1n) is 4.85. The molecule has 1 N–H and O–H groups in total. The van der Waals surface area contributed by atoms with Crippen LogP contribution in [0.4, 0.5) is 4.39 Å². The number of nitrogens with one attached hydrogen (secondary N) is 1. The van der Waals surface area contributed by atoms with Crippen LogP contribution in [0.3, 0.4) is 0 Å². The monoisotopic (exact) mass is 260 g/mol. The Bertz CT molecular complexity index is 498. The van der Waals surface area contributed by atoms with Gasteiger partial charge in [-0.1, -0.05) is 6.92 Å². The summed E-state index contributed by atoms with van der Waals surface area (Å²) in [6, 6.07) is 2.77. The van der Waals surface area contributed by atoms with Crippen molar-refractivity contribution in [2.75, 3.05) is 0 Å². The van der Waals surface area contributed by atoms with Gasteiger partial charge in [-0.3, -0.25) is 0 Å². The molecular weight excluding hydrogens is 249 g/mol. The number of carboxylic acid groups (broad SMARTS) is 1. The minimum Gasteiger partial charge on any atom is -0.548 e. The predicted octanol–water partition coefficient (Wildman–Crippen LogP) is -0.368. The second kappa shape index (κ2) is 5.24. The van der Waals surface area contributed by atoms with Crippen molar-refractivity contribution in [1.29, 1.82) is 0 Å². The van der Waals surface area contributed by atoms with E-state index < -0.39 is 27.9 Å². The van der Waals surface area contributed by atoms with Crippen LogP contribution in [0.5, 0.6) is 0 Å². The van der Waals surface area contributed by atoms with E-state index in [9.17, 15) is 22.7 Å². The maximum atomic E-state index is 12.6. The summed E-state index contributed by atoms with van der Waals surface area (Å²) in [6.45, 7) is 1.51. The largest absolute Gasteiger partial charge is 0.548 e. The van der Waals surface area contributed by atoms with Crippen molar-refractivity contribution >= 4 is 16.0 Å². The van der Waals surface area contributed by atoms with E-state index >= 15 is 0 Å². The highest BCUT2D eigenvalue weighted by Crippen LogP contribution is 2.10. The Labute approximate surface area is 98.3 Å². The molecule has 0 unspecified atom stereocenters. The zero-order valence-corrected chi connectivity index (χ0v) is 9.83. The Kier molecular flexibility index (Phi) is 4.19. The Morgan fingerprint density at radius 3 is 2.35 bits per heavy atom. The number of halogens is 1. The molecule has 1 atom stereocenters. The molecule has 0 aliphatic carbocycles. The van der Waals surface area contributed by atoms with Gasteiger partial charge in [-0.25, -0.2) is 17.5 Å². The standard InChI is InChI=1S/C10H12FNO4S/c1-2-9(10(13)14)12-17(15,16)8-5-3-7(11)4-6-8/h3-6,9,12H,2H2,1H3,(H,13,14)/p-1/t9-/m0/s1. The fourth-order valence-corrected chi connectivity index (χ4v) is 2.44. The molecule has 17 heavy (non-hydrogen) atoms. The van der Waals surface area contributed by atoms with Crippen LogP contribution in [0.15, 0.2) is 29.2 Å². The Balaban J connectivity index is 2.96. The maximum Gasteiger partial charge on any atom is 0.241 e. The number of hydrogen-bond acceptors (Lipinski definition) is 4. The van der Waals surface area contributed by atoms with Crippen LogP contribution in [0.25, 0.3) is 0 Å². The van der Waals surface area contributed by atoms with Crippen molar-refractivity contribution < 1.29 is 22.7 Å². The van der Waals surface area contributed by atoms with Gasteiger partial charge in [0.1, 0.15) is 5.82 Å². The minimum absolute atomic E-state index is 0.0583. The highest BCUT2D eigenvalue weighted by Gasteiger charge is 2.19. The van der Waals surface area contributed by atoms with Crippen LogP contribution < -0.4 is 9.83 Å². The van der Waals surface area contributed by atoms with Gasteiger partial charge in [-0.15, -0.1) is 0 Å². The van der Waals surface area contributed by atoms with Crippen molar-refractivity contribution in [2.24, 2.45) is 0 Å². The molecule has 0 amide bonds. The highest BCUT2D eigenvalue weighted by atomic mass is 32.2. The molecule has 0 aromatic heterocycles. The number of carboxylic acids is 1. The summed E-state index contributed by atoms with van der Waals surface area (Å²) in [7, 11) is -3.97. The molecule has 0 fully saturated rings. The first-order chi connectivity index (χ1) is 7.86. The zero-order chi connectivity index (χ0) is 13.1. The van der Waals surface area contributed by atoms with E-state index in [1.807, 2.05) is 4.72 Å². The summed E-state index contributed by atoms with van der Waals surface area (Å²) in [4.78, 5) is 10.4. The van der Waals surface area contributed by atoms with Gasteiger partial charge in [-0.2, -0.15) is 0 Å². The minimum atomic E-state index is -3.97. The lowest BCUT2D eigenvalue weighted by Crippen LogP contribution is -2.47. The van der Waals surface area contributed by atoms with E-state index in [1.54, 1.807) is 0 Å². The number of carbonyl (C=O) groups is 1. The molecule has 7 heteroatoms. The molecule has 0 saturated carbocycles. The number of sulfonamides is 1. The van der Waals surface area contributed by atoms with E-state index in [0.29, 0.717) is 0 Å². The van der Waals surface area contributed by atoms with E-state index in [1.165, 1.54) is 6.92 Å². The Morgan fingerprint density at radius 1 is 1.41 bits per heavy atom. The highest BCUT2D eigenvalue weighted by molar-refractivity contribution is 7.89. The van der Waals surface area contributed by atoms with E-state index in [0.717, 1.165) is 24.3 Å². The lowest BCUT2D eigenvalue weighted by molar-refractivity contribution is -0.308. The van der Waals surface area contributed by atoms with Crippen LogP contribution in [0, 0.1) is 5.82 Å². The molecule has 0 radical (unpaired) electrons. The zero-order valence-electron chi connectivity index (χ0n) is 9.01. The molecule has 1 rings (SSSR count). The quantitative estimate of drug-likeness (QED) is 0.782. The van der Waals surface area contributed by atoms with Crippen LogP contribution in [-0.2, 0) is 14.8 Å². The number of rotatable bonds is 5. The van der Waals surface area contributed by atoms with Crippen molar-refractivity contribution in [3.63, 3.8) is 0 Å². The van der Waals surface area contributed by atoms with Gasteiger partial charge in [0.2, 0.25) is 10.0 Å². The molecule has 1 aromatic rings. The van der Waals surface area contributed by atoms with Crippen LogP contribution in [-0.4, -0.2) is 20.4 Å². The second-order valence-electron chi connectivity index (χ2n) is 3.36. The summed E-state index contributed by atoms with van der Waals surface area (Å²) in [5.74, 6) is -2.07. The average Bonchev–Trinajstić information content (AvgIpc) is 2.26. The lowest BCUT2D eigenvalue weighted by atomic mass is 10.2. The molecule has 1 aromatic carbocycles. The molecule has 0 aliphatic heterocycles. The fraction of sp³-hybridized carbons (Fsp3) is 0.300. The predicted molar refractivity (Wildman–Crippen MR) is 55.8 cm³/mol. The molecule has 0 aliphatic rings. The summed E-state index contributed by atoms with van der Waals surface area (Å²) < 4.78 is 38.0. The van der Waals surface area contributed by atoms with E-state index in [4.69, 9.17) is 0 Å². The molecule has 5 nitrogen and oxygen atoms in total. The molecule has 0 bridgehead atoms. The second-order valence-corrected chi connectivity index (χ2v) is 5.07. The Hall–Kier alpha value is -1.47. The van der Waals surface area contributed by atoms with Crippen LogP contribution in [0.2, 0.25) is 0 Å². The lowest BCUT2D eigenvalue weighted by Gasteiger charge is -2.17. The Morgan fingerprint density at radius 2 is 1.94 bits per heavy atom. The SMILES string of the molecule is CC[C@H](NS(=O)(=O)c1ccc(F)cc1)C(=O)[O-]. The van der Waals surface area contributed by atoms with E-state index in [2.05, 4.69) is 0 Å². The average molecular weight is 260 g/mol. The molecule has 0 saturated heterocycles. The normalized spacial score (nSPS) is 13.3. The van der Waals surface area contributed by atoms with Gasteiger partial charge in [0.15, 0.2) is 0 Å². The topological polar surface area (TPSA) is 86.3 Å². The first kappa shape index (κ1) is 13.6. The number of benzene rings is 1. The van der Waals surface area contributed by atoms with Gasteiger partial charge in [0.05, 0.1) is 16.9 Å². The van der Waals surface area contributed by atoms with Crippen molar-refractivity contribution in [2.45, 2.75) is 24.3 Å². The van der Waals surface area contributed by atoms with Gasteiger partial charge >= 0.3 is 0 Å². The van der Waals surface area contributed by atoms with Crippen LogP contribution in [0.1, 0.15) is 13.3 Å². The summed E-state index contributed by atoms with van der Waals surface area (Å²) in [5.41, 5.74) is 0. The molecular formula is C10H11FNO4S-. The van der Waals surface area contributed by atoms with Crippen molar-refractivity contribution in [3.05, 3.63) is 30.1 Å². The maximum absolute atomic E-state index is 12.6. The van der Waals surface area contributed by atoms with Crippen molar-refractivity contribution in [1.82, 2.24) is 4.72 Å². The van der Waals surface area contributed by atoms with Crippen molar-refractivity contribution in [3.8, 4) is 0 Å². The third-order valence-corrected chi connectivity index (χ3v) is 3.60. The number of aliphatic carboxylic acids is 1. The third-order valence-electron chi connectivity index (χ3n) is 2.11. The summed E-state index contributed by atoms with van der Waals surface area (Å²) in [5, 5.41) is 10.6. The number of carbonyl (C=O) groups excluding carboxylic acids is 1.